The molecule has 0 saturated carbocycles. The van der Waals surface area contributed by atoms with E-state index in [0.29, 0.717) is 11.4 Å². The molecule has 1 fully saturated rings. The normalized spacial score (nSPS) is 13.7. The van der Waals surface area contributed by atoms with Gasteiger partial charge in [-0.1, -0.05) is 24.3 Å². The highest BCUT2D eigenvalue weighted by Crippen LogP contribution is 2.31. The van der Waals surface area contributed by atoms with Crippen molar-refractivity contribution < 1.29 is 14.4 Å². The van der Waals surface area contributed by atoms with Crippen molar-refractivity contribution in [2.45, 2.75) is 6.92 Å². The van der Waals surface area contributed by atoms with Crippen molar-refractivity contribution in [2.75, 3.05) is 23.3 Å². The predicted octanol–water partition coefficient (Wildman–Crippen LogP) is 4.68. The highest BCUT2D eigenvalue weighted by Gasteiger charge is 2.37. The zero-order valence-corrected chi connectivity index (χ0v) is 18.6. The Morgan fingerprint density at radius 1 is 1.03 bits per heavy atom. The molecule has 4 aromatic rings. The highest BCUT2D eigenvalue weighted by atomic mass is 32.1. The molecule has 4 amide bonds. The van der Waals surface area contributed by atoms with Crippen LogP contribution in [0.15, 0.2) is 72.8 Å². The van der Waals surface area contributed by atoms with Crippen LogP contribution in [0.25, 0.3) is 20.8 Å². The fourth-order valence-electron chi connectivity index (χ4n) is 3.70. The minimum Gasteiger partial charge on any atom is -0.325 e. The van der Waals surface area contributed by atoms with E-state index in [2.05, 4.69) is 23.3 Å². The summed E-state index contributed by atoms with van der Waals surface area (Å²) in [6.07, 6.45) is 0. The molecule has 0 atom stereocenters. The number of nitrogens with one attached hydrogen (secondary N) is 1. The van der Waals surface area contributed by atoms with Crippen LogP contribution in [0.4, 0.5) is 16.2 Å². The van der Waals surface area contributed by atoms with Crippen molar-refractivity contribution >= 4 is 50.8 Å². The largest absolute Gasteiger partial charge is 0.332 e. The van der Waals surface area contributed by atoms with Crippen molar-refractivity contribution in [3.05, 3.63) is 78.4 Å². The number of aryl methyl sites for hydroxylation is 1. The molecular weight excluding hydrogens is 436 g/mol. The van der Waals surface area contributed by atoms with E-state index in [1.54, 1.807) is 47.7 Å². The number of nitrogens with zero attached hydrogens (tertiary/aromatic N) is 3. The van der Waals surface area contributed by atoms with Gasteiger partial charge in [0.1, 0.15) is 18.1 Å². The minimum atomic E-state index is -0.497. The Bertz CT molecular complexity index is 1370. The second-order valence-electron chi connectivity index (χ2n) is 7.80. The summed E-state index contributed by atoms with van der Waals surface area (Å²) in [4.78, 5) is 44.5. The third-order valence-corrected chi connectivity index (χ3v) is 6.45. The van der Waals surface area contributed by atoms with Crippen molar-refractivity contribution in [1.82, 2.24) is 9.88 Å². The number of carbonyl (C=O) groups excluding carboxylic acids is 3. The van der Waals surface area contributed by atoms with E-state index in [1.165, 1.54) is 10.5 Å². The smallest absolute Gasteiger partial charge is 0.325 e. The molecule has 0 bridgehead atoms. The molecule has 1 saturated heterocycles. The second kappa shape index (κ2) is 8.48. The Balaban J connectivity index is 1.24. The minimum absolute atomic E-state index is 0.0769. The number of rotatable bonds is 5. The molecule has 1 aromatic heterocycles. The third-order valence-electron chi connectivity index (χ3n) is 5.39. The second-order valence-corrected chi connectivity index (χ2v) is 8.83. The summed E-state index contributed by atoms with van der Waals surface area (Å²) in [5, 5.41) is 3.66. The summed E-state index contributed by atoms with van der Waals surface area (Å²) in [5.41, 5.74) is 4.31. The molecule has 1 aliphatic rings. The van der Waals surface area contributed by atoms with Gasteiger partial charge in [-0.05, 0) is 61.0 Å². The van der Waals surface area contributed by atoms with Crippen LogP contribution in [-0.4, -0.2) is 40.8 Å². The SMILES string of the molecule is Cc1ccc2nc(-c3ccc(NC(=O)CN4C(=O)CN(c5ccccc5)C4=O)cc3)sc2c1. The lowest BCUT2D eigenvalue weighted by molar-refractivity contribution is -0.128. The summed E-state index contributed by atoms with van der Waals surface area (Å²) in [6.45, 7) is 1.64. The quantitative estimate of drug-likeness (QED) is 0.442. The van der Waals surface area contributed by atoms with E-state index < -0.39 is 17.8 Å². The first-order valence-electron chi connectivity index (χ1n) is 10.4. The maximum Gasteiger partial charge on any atom is 0.332 e. The molecule has 0 spiro atoms. The molecule has 7 nitrogen and oxygen atoms in total. The van der Waals surface area contributed by atoms with Crippen LogP contribution in [0, 0.1) is 6.92 Å². The van der Waals surface area contributed by atoms with Crippen molar-refractivity contribution in [1.29, 1.82) is 0 Å². The number of aromatic nitrogens is 1. The maximum atomic E-state index is 12.6. The van der Waals surface area contributed by atoms with Gasteiger partial charge in [-0.25, -0.2) is 9.78 Å². The number of para-hydroxylation sites is 1. The first-order valence-corrected chi connectivity index (χ1v) is 11.2. The van der Waals surface area contributed by atoms with Gasteiger partial charge < -0.3 is 5.32 Å². The molecule has 0 radical (unpaired) electrons. The molecular formula is C25H20N4O3S. The number of thiazole rings is 1. The van der Waals surface area contributed by atoms with Crippen molar-refractivity contribution in [3.63, 3.8) is 0 Å². The van der Waals surface area contributed by atoms with Crippen LogP contribution < -0.4 is 10.2 Å². The van der Waals surface area contributed by atoms with Crippen molar-refractivity contribution in [3.8, 4) is 10.6 Å². The molecule has 1 N–H and O–H groups in total. The van der Waals surface area contributed by atoms with Gasteiger partial charge in [0.15, 0.2) is 0 Å². The molecule has 0 aliphatic carbocycles. The molecule has 8 heteroatoms. The van der Waals surface area contributed by atoms with Gasteiger partial charge in [-0.15, -0.1) is 11.3 Å². The number of hydrogen-bond acceptors (Lipinski definition) is 5. The number of imide groups is 1. The molecule has 33 heavy (non-hydrogen) atoms. The molecule has 3 aromatic carbocycles. The lowest BCUT2D eigenvalue weighted by Crippen LogP contribution is -2.39. The standard InChI is InChI=1S/C25H20N4O3S/c1-16-7-12-20-21(13-16)33-24(27-20)17-8-10-18(11-9-17)26-22(30)14-29-23(31)15-28(25(29)32)19-5-3-2-4-6-19/h2-13H,14-15H2,1H3,(H,26,30). The monoisotopic (exact) mass is 456 g/mol. The van der Waals surface area contributed by atoms with E-state index in [-0.39, 0.29) is 13.1 Å². The summed E-state index contributed by atoms with van der Waals surface area (Å²) < 4.78 is 1.13. The van der Waals surface area contributed by atoms with E-state index in [4.69, 9.17) is 0 Å². The molecule has 0 unspecified atom stereocenters. The molecule has 5 rings (SSSR count). The van der Waals surface area contributed by atoms with E-state index in [0.717, 1.165) is 25.7 Å². The molecule has 164 valence electrons. The summed E-state index contributed by atoms with van der Waals surface area (Å²) in [7, 11) is 0. The maximum absolute atomic E-state index is 12.6. The zero-order chi connectivity index (χ0) is 22.9. The average molecular weight is 457 g/mol. The molecule has 1 aliphatic heterocycles. The van der Waals surface area contributed by atoms with Crippen LogP contribution >= 0.6 is 11.3 Å². The van der Waals surface area contributed by atoms with Crippen LogP contribution in [-0.2, 0) is 9.59 Å². The van der Waals surface area contributed by atoms with Gasteiger partial charge in [-0.2, -0.15) is 0 Å². The Labute approximate surface area is 194 Å². The Morgan fingerprint density at radius 2 is 1.79 bits per heavy atom. The van der Waals surface area contributed by atoms with Gasteiger partial charge in [0, 0.05) is 16.9 Å². The number of urea groups is 1. The predicted molar refractivity (Wildman–Crippen MR) is 129 cm³/mol. The van der Waals surface area contributed by atoms with Gasteiger partial charge in [0.25, 0.3) is 5.91 Å². The lowest BCUT2D eigenvalue weighted by atomic mass is 10.2. The van der Waals surface area contributed by atoms with E-state index in [9.17, 15) is 14.4 Å². The average Bonchev–Trinajstić information content (AvgIpc) is 3.36. The van der Waals surface area contributed by atoms with Crippen LogP contribution in [0.5, 0.6) is 0 Å². The number of amides is 4. The first-order chi connectivity index (χ1) is 16.0. The third kappa shape index (κ3) is 4.20. The number of anilines is 2. The Hall–Kier alpha value is -4.04. The first kappa shape index (κ1) is 20.8. The number of hydrogen-bond donors (Lipinski definition) is 1. The van der Waals surface area contributed by atoms with Crippen LogP contribution in [0.3, 0.4) is 0 Å². The Kier molecular flexibility index (Phi) is 5.35. The van der Waals surface area contributed by atoms with Crippen LogP contribution in [0.2, 0.25) is 0 Å². The summed E-state index contributed by atoms with van der Waals surface area (Å²) >= 11 is 1.62. The zero-order valence-electron chi connectivity index (χ0n) is 17.8. The van der Waals surface area contributed by atoms with Gasteiger partial charge >= 0.3 is 6.03 Å². The molecule has 2 heterocycles. The lowest BCUT2D eigenvalue weighted by Gasteiger charge is -2.17. The number of carbonyl (C=O) groups is 3. The van der Waals surface area contributed by atoms with E-state index in [1.807, 2.05) is 30.3 Å². The van der Waals surface area contributed by atoms with Crippen molar-refractivity contribution in [2.24, 2.45) is 0 Å². The summed E-state index contributed by atoms with van der Waals surface area (Å²) in [5.74, 6) is -0.838. The Morgan fingerprint density at radius 3 is 2.55 bits per heavy atom. The van der Waals surface area contributed by atoms with E-state index >= 15 is 0 Å². The number of benzene rings is 3. The summed E-state index contributed by atoms with van der Waals surface area (Å²) in [6, 6.07) is 22.0. The highest BCUT2D eigenvalue weighted by molar-refractivity contribution is 7.21. The number of fused-ring (bicyclic) bond motifs is 1. The van der Waals surface area contributed by atoms with Gasteiger partial charge in [0.05, 0.1) is 10.2 Å². The topological polar surface area (TPSA) is 82.6 Å². The van der Waals surface area contributed by atoms with Gasteiger partial charge in [-0.3, -0.25) is 19.4 Å². The fraction of sp³-hybridized carbons (Fsp3) is 0.120. The fourth-order valence-corrected chi connectivity index (χ4v) is 4.77. The van der Waals surface area contributed by atoms with Crippen LogP contribution in [0.1, 0.15) is 5.56 Å². The van der Waals surface area contributed by atoms with Gasteiger partial charge in [0.2, 0.25) is 5.91 Å².